The molecule has 1 aliphatic heterocycles. The van der Waals surface area contributed by atoms with Crippen molar-refractivity contribution in [3.05, 3.63) is 0 Å². The van der Waals surface area contributed by atoms with Gasteiger partial charge in [-0.05, 0) is 64.5 Å². The Morgan fingerprint density at radius 2 is 1.28 bits per heavy atom. The van der Waals surface area contributed by atoms with E-state index in [0.717, 1.165) is 71.0 Å². The largest absolute Gasteiger partial charge is 0.462 e. The van der Waals surface area contributed by atoms with Crippen LogP contribution in [-0.4, -0.2) is 60.0 Å². The van der Waals surface area contributed by atoms with Crippen molar-refractivity contribution in [2.45, 2.75) is 129 Å². The first kappa shape index (κ1) is 29.4. The average Bonchev–Trinajstić information content (AvgIpc) is 2.81. The molecule has 5 nitrogen and oxygen atoms in total. The van der Waals surface area contributed by atoms with Gasteiger partial charge >= 0.3 is 5.97 Å². The standard InChI is InChI=1S/C27H53NO4/c1-2-3-4-5-6-9-12-16-26(17-13-10-7-8-11-14-23-29)32-27(31)25-18-21-28(22-19-25)20-15-24-30/h25-26,29-30H,2-24H2,1H3. The second-order valence-electron chi connectivity index (χ2n) is 9.80. The molecule has 0 amide bonds. The topological polar surface area (TPSA) is 70.0 Å². The summed E-state index contributed by atoms with van der Waals surface area (Å²) in [6, 6.07) is 0. The number of hydrogen-bond donors (Lipinski definition) is 2. The van der Waals surface area contributed by atoms with Crippen LogP contribution in [0.15, 0.2) is 0 Å². The van der Waals surface area contributed by atoms with Crippen LogP contribution in [0.2, 0.25) is 0 Å². The van der Waals surface area contributed by atoms with Crippen molar-refractivity contribution < 1.29 is 19.7 Å². The fourth-order valence-electron chi connectivity index (χ4n) is 4.73. The van der Waals surface area contributed by atoms with Crippen molar-refractivity contribution in [2.24, 2.45) is 5.92 Å². The van der Waals surface area contributed by atoms with Gasteiger partial charge in [0.1, 0.15) is 6.10 Å². The van der Waals surface area contributed by atoms with Crippen LogP contribution in [0, 0.1) is 5.92 Å². The van der Waals surface area contributed by atoms with Gasteiger partial charge in [-0.1, -0.05) is 71.1 Å². The van der Waals surface area contributed by atoms with Crippen LogP contribution in [0.25, 0.3) is 0 Å². The van der Waals surface area contributed by atoms with Crippen LogP contribution in [-0.2, 0) is 9.53 Å². The van der Waals surface area contributed by atoms with E-state index in [4.69, 9.17) is 14.9 Å². The van der Waals surface area contributed by atoms with Crippen molar-refractivity contribution >= 4 is 5.97 Å². The highest BCUT2D eigenvalue weighted by Gasteiger charge is 2.27. The molecule has 0 bridgehead atoms. The third kappa shape index (κ3) is 15.2. The first-order valence-corrected chi connectivity index (χ1v) is 13.9. The number of aliphatic hydroxyl groups is 2. The van der Waals surface area contributed by atoms with Crippen LogP contribution in [0.1, 0.15) is 122 Å². The van der Waals surface area contributed by atoms with Crippen molar-refractivity contribution in [2.75, 3.05) is 32.8 Å². The summed E-state index contributed by atoms with van der Waals surface area (Å²) in [7, 11) is 0. The zero-order valence-corrected chi connectivity index (χ0v) is 21.1. The maximum absolute atomic E-state index is 12.8. The van der Waals surface area contributed by atoms with E-state index in [1.54, 1.807) is 0 Å². The van der Waals surface area contributed by atoms with Gasteiger partial charge in [0.25, 0.3) is 0 Å². The fraction of sp³-hybridized carbons (Fsp3) is 0.963. The molecule has 1 heterocycles. The Hall–Kier alpha value is -0.650. The smallest absolute Gasteiger partial charge is 0.309 e. The van der Waals surface area contributed by atoms with Gasteiger partial charge < -0.3 is 19.8 Å². The average molecular weight is 456 g/mol. The Balaban J connectivity index is 2.32. The minimum absolute atomic E-state index is 0.0303. The molecule has 1 unspecified atom stereocenters. The zero-order chi connectivity index (χ0) is 23.3. The van der Waals surface area contributed by atoms with E-state index in [1.165, 1.54) is 64.2 Å². The summed E-state index contributed by atoms with van der Waals surface area (Å²) < 4.78 is 6.07. The van der Waals surface area contributed by atoms with Crippen LogP contribution in [0.4, 0.5) is 0 Å². The fourth-order valence-corrected chi connectivity index (χ4v) is 4.73. The second-order valence-corrected chi connectivity index (χ2v) is 9.80. The summed E-state index contributed by atoms with van der Waals surface area (Å²) in [5.41, 5.74) is 0. The predicted octanol–water partition coefficient (Wildman–Crippen LogP) is 5.86. The van der Waals surface area contributed by atoms with Crippen molar-refractivity contribution in [1.29, 1.82) is 0 Å². The first-order valence-electron chi connectivity index (χ1n) is 13.9. The van der Waals surface area contributed by atoms with E-state index >= 15 is 0 Å². The number of likely N-dealkylation sites (tertiary alicyclic amines) is 1. The number of unbranched alkanes of at least 4 members (excludes halogenated alkanes) is 11. The predicted molar refractivity (Wildman–Crippen MR) is 133 cm³/mol. The van der Waals surface area contributed by atoms with Crippen molar-refractivity contribution in [3.63, 3.8) is 0 Å². The molecular formula is C27H53NO4. The van der Waals surface area contributed by atoms with E-state index in [2.05, 4.69) is 11.8 Å². The SMILES string of the molecule is CCCCCCCCCC(CCCCCCCCO)OC(=O)C1CCN(CCCO)CC1. The molecule has 5 heteroatoms. The van der Waals surface area contributed by atoms with Gasteiger partial charge in [0.2, 0.25) is 0 Å². The molecule has 0 spiro atoms. The Morgan fingerprint density at radius 1 is 0.781 bits per heavy atom. The summed E-state index contributed by atoms with van der Waals surface area (Å²) >= 11 is 0. The lowest BCUT2D eigenvalue weighted by atomic mass is 9.96. The zero-order valence-electron chi connectivity index (χ0n) is 21.1. The van der Waals surface area contributed by atoms with E-state index < -0.39 is 0 Å². The number of ether oxygens (including phenoxy) is 1. The van der Waals surface area contributed by atoms with E-state index in [-0.39, 0.29) is 24.6 Å². The van der Waals surface area contributed by atoms with Gasteiger partial charge in [0, 0.05) is 19.8 Å². The molecule has 0 aliphatic carbocycles. The highest BCUT2D eigenvalue weighted by molar-refractivity contribution is 5.72. The molecule has 1 fully saturated rings. The number of rotatable bonds is 21. The van der Waals surface area contributed by atoms with E-state index in [9.17, 15) is 4.79 Å². The highest BCUT2D eigenvalue weighted by atomic mass is 16.5. The molecule has 0 saturated carbocycles. The Labute approximate surface area is 198 Å². The van der Waals surface area contributed by atoms with Gasteiger partial charge in [-0.25, -0.2) is 0 Å². The molecule has 2 N–H and O–H groups in total. The number of piperidine rings is 1. The number of aliphatic hydroxyl groups excluding tert-OH is 2. The number of hydrogen-bond acceptors (Lipinski definition) is 5. The van der Waals surface area contributed by atoms with Gasteiger partial charge in [0.05, 0.1) is 5.92 Å². The molecular weight excluding hydrogens is 402 g/mol. The van der Waals surface area contributed by atoms with Gasteiger partial charge in [0.15, 0.2) is 0 Å². The Kier molecular flexibility index (Phi) is 19.2. The molecule has 0 aromatic heterocycles. The molecule has 1 aliphatic rings. The first-order chi connectivity index (χ1) is 15.7. The van der Waals surface area contributed by atoms with Crippen LogP contribution < -0.4 is 0 Å². The maximum atomic E-state index is 12.8. The number of carbonyl (C=O) groups is 1. The normalized spacial score (nSPS) is 16.3. The number of esters is 1. The van der Waals surface area contributed by atoms with Crippen LogP contribution in [0.3, 0.4) is 0 Å². The van der Waals surface area contributed by atoms with Crippen molar-refractivity contribution in [1.82, 2.24) is 4.90 Å². The van der Waals surface area contributed by atoms with Crippen molar-refractivity contribution in [3.8, 4) is 0 Å². The molecule has 190 valence electrons. The monoisotopic (exact) mass is 455 g/mol. The van der Waals surface area contributed by atoms with Gasteiger partial charge in [-0.3, -0.25) is 4.79 Å². The number of carbonyl (C=O) groups excluding carboxylic acids is 1. The lowest BCUT2D eigenvalue weighted by molar-refractivity contribution is -0.156. The molecule has 1 rings (SSSR count). The molecule has 0 radical (unpaired) electrons. The van der Waals surface area contributed by atoms with Gasteiger partial charge in [-0.2, -0.15) is 0 Å². The van der Waals surface area contributed by atoms with Crippen LogP contribution >= 0.6 is 0 Å². The molecule has 1 saturated heterocycles. The van der Waals surface area contributed by atoms with Crippen LogP contribution in [0.5, 0.6) is 0 Å². The molecule has 1 atom stereocenters. The lowest BCUT2D eigenvalue weighted by Crippen LogP contribution is -2.38. The van der Waals surface area contributed by atoms with E-state index in [1.807, 2.05) is 0 Å². The summed E-state index contributed by atoms with van der Waals surface area (Å²) in [4.78, 5) is 15.2. The third-order valence-corrected chi connectivity index (χ3v) is 6.90. The van der Waals surface area contributed by atoms with E-state index in [0.29, 0.717) is 6.61 Å². The highest BCUT2D eigenvalue weighted by Crippen LogP contribution is 2.23. The minimum Gasteiger partial charge on any atom is -0.462 e. The molecule has 0 aromatic rings. The molecule has 32 heavy (non-hydrogen) atoms. The van der Waals surface area contributed by atoms with Gasteiger partial charge in [-0.15, -0.1) is 0 Å². The third-order valence-electron chi connectivity index (χ3n) is 6.90. The second kappa shape index (κ2) is 20.9. The summed E-state index contributed by atoms with van der Waals surface area (Å²) in [6.07, 6.45) is 20.5. The summed E-state index contributed by atoms with van der Waals surface area (Å²) in [5, 5.41) is 17.9. The number of nitrogens with zero attached hydrogens (tertiary/aromatic N) is 1. The summed E-state index contributed by atoms with van der Waals surface area (Å²) in [5.74, 6) is 0.0816. The lowest BCUT2D eigenvalue weighted by Gasteiger charge is -2.31. The Morgan fingerprint density at radius 3 is 1.81 bits per heavy atom. The molecule has 0 aromatic carbocycles. The quantitative estimate of drug-likeness (QED) is 0.168. The Bertz CT molecular complexity index is 406. The summed E-state index contributed by atoms with van der Waals surface area (Å²) in [6.45, 7) is 5.61. The minimum atomic E-state index is 0.0303. The maximum Gasteiger partial charge on any atom is 0.309 e.